The molecule has 0 bridgehead atoms. The van der Waals surface area contributed by atoms with Gasteiger partial charge in [-0.15, -0.1) is 0 Å². The number of unbranched alkanes of at least 4 members (excludes halogenated alkanes) is 1. The Hall–Kier alpha value is -4.10. The smallest absolute Gasteiger partial charge is 0.322 e. The Labute approximate surface area is 275 Å². The number of amides is 3. The zero-order valence-electron chi connectivity index (χ0n) is 27.3. The Morgan fingerprint density at radius 3 is 2.36 bits per heavy atom. The molecule has 3 aromatic rings. The van der Waals surface area contributed by atoms with Gasteiger partial charge in [0, 0.05) is 50.6 Å². The van der Waals surface area contributed by atoms with Crippen molar-refractivity contribution >= 4 is 27.5 Å². The molecule has 3 amide bonds. The minimum atomic E-state index is -3.13. The number of nitrogens with zero attached hydrogens (tertiary/aromatic N) is 3. The molecule has 3 N–H and O–H groups in total. The third kappa shape index (κ3) is 9.94. The zero-order valence-corrected chi connectivity index (χ0v) is 28.1. The minimum Gasteiger partial charge on any atom is -0.439 e. The molecule has 1 aliphatic rings. The van der Waals surface area contributed by atoms with Gasteiger partial charge in [-0.2, -0.15) is 0 Å². The standard InChI is InChI=1S/C34H43F2N5O5S/c1-5-6-15-41(34(43)38-30-18-27(33(37)42)28(35)19-29(30)36)25-13-16-40(17-14-25)20-24-9-12-31(39-32(24)22(2)3)46-26-10-7-23(8-11-26)21-47(4,44)45/h7-12,18-19,22,25H,5-6,13-17,20-21H2,1-4H3,(H2,37,42)(H,38,43). The average Bonchev–Trinajstić information content (AvgIpc) is 3.00. The van der Waals surface area contributed by atoms with Crippen LogP contribution in [-0.4, -0.2) is 67.1 Å². The average molecular weight is 672 g/mol. The van der Waals surface area contributed by atoms with Crippen molar-refractivity contribution in [1.29, 1.82) is 0 Å². The Kier molecular flexibility index (Phi) is 11.9. The lowest BCUT2D eigenvalue weighted by Crippen LogP contribution is -2.49. The van der Waals surface area contributed by atoms with Crippen LogP contribution in [0.4, 0.5) is 19.3 Å². The minimum absolute atomic E-state index is 0.0336. The lowest BCUT2D eigenvalue weighted by atomic mass is 10.00. The molecule has 1 aromatic heterocycles. The van der Waals surface area contributed by atoms with Crippen molar-refractivity contribution in [3.05, 3.63) is 82.5 Å². The summed E-state index contributed by atoms with van der Waals surface area (Å²) in [6.07, 6.45) is 4.23. The molecule has 0 saturated carbocycles. The Balaban J connectivity index is 1.40. The first-order chi connectivity index (χ1) is 22.2. The summed E-state index contributed by atoms with van der Waals surface area (Å²) in [5.74, 6) is -2.01. The molecule has 0 unspecified atom stereocenters. The number of aromatic nitrogens is 1. The van der Waals surface area contributed by atoms with Crippen LogP contribution >= 0.6 is 0 Å². The van der Waals surface area contributed by atoms with E-state index in [-0.39, 0.29) is 23.4 Å². The number of nitrogens with two attached hydrogens (primary N) is 1. The van der Waals surface area contributed by atoms with Crippen molar-refractivity contribution in [2.24, 2.45) is 5.73 Å². The van der Waals surface area contributed by atoms with Crippen molar-refractivity contribution in [1.82, 2.24) is 14.8 Å². The van der Waals surface area contributed by atoms with E-state index in [2.05, 4.69) is 24.1 Å². The van der Waals surface area contributed by atoms with Gasteiger partial charge >= 0.3 is 6.03 Å². The molecule has 0 atom stereocenters. The van der Waals surface area contributed by atoms with Crippen LogP contribution in [0.3, 0.4) is 0 Å². The van der Waals surface area contributed by atoms with Crippen molar-refractivity contribution in [3.8, 4) is 11.6 Å². The number of sulfone groups is 1. The van der Waals surface area contributed by atoms with Crippen molar-refractivity contribution < 1.29 is 31.5 Å². The molecular formula is C34H43F2N5O5S. The number of ether oxygens (including phenoxy) is 1. The number of pyridine rings is 1. The molecule has 4 rings (SSSR count). The highest BCUT2D eigenvalue weighted by Gasteiger charge is 2.29. The number of primary amides is 1. The normalized spacial score (nSPS) is 14.3. The molecule has 2 aromatic carbocycles. The zero-order chi connectivity index (χ0) is 34.3. The van der Waals surface area contributed by atoms with E-state index in [1.807, 2.05) is 19.1 Å². The number of rotatable bonds is 13. The topological polar surface area (TPSA) is 135 Å². The fourth-order valence-corrected chi connectivity index (χ4v) is 6.48. The van der Waals surface area contributed by atoms with Crippen LogP contribution in [0.15, 0.2) is 48.5 Å². The fraction of sp³-hybridized carbons (Fsp3) is 0.441. The number of nitrogens with one attached hydrogen (secondary N) is 1. The molecule has 2 heterocycles. The third-order valence-electron chi connectivity index (χ3n) is 8.08. The molecule has 0 radical (unpaired) electrons. The second kappa shape index (κ2) is 15.7. The maximum absolute atomic E-state index is 14.5. The van der Waals surface area contributed by atoms with Crippen LogP contribution < -0.4 is 15.8 Å². The molecular weight excluding hydrogens is 628 g/mol. The molecule has 47 heavy (non-hydrogen) atoms. The second-order valence-corrected chi connectivity index (χ2v) is 14.5. The number of carbonyl (C=O) groups is 2. The third-order valence-corrected chi connectivity index (χ3v) is 8.93. The summed E-state index contributed by atoms with van der Waals surface area (Å²) in [4.78, 5) is 33.7. The number of likely N-dealkylation sites (tertiary alicyclic amines) is 1. The van der Waals surface area contributed by atoms with Gasteiger partial charge in [-0.25, -0.2) is 27.0 Å². The molecule has 1 saturated heterocycles. The fourth-order valence-electron chi connectivity index (χ4n) is 5.68. The highest BCUT2D eigenvalue weighted by atomic mass is 32.2. The molecule has 0 spiro atoms. The Bertz CT molecular complexity index is 1680. The predicted octanol–water partition coefficient (Wildman–Crippen LogP) is 6.22. The van der Waals surface area contributed by atoms with E-state index in [9.17, 15) is 26.8 Å². The van der Waals surface area contributed by atoms with Gasteiger partial charge in [-0.05, 0) is 54.5 Å². The van der Waals surface area contributed by atoms with Crippen LogP contribution in [0.5, 0.6) is 11.6 Å². The molecule has 13 heteroatoms. The maximum Gasteiger partial charge on any atom is 0.322 e. The largest absolute Gasteiger partial charge is 0.439 e. The van der Waals surface area contributed by atoms with E-state index in [1.54, 1.807) is 29.2 Å². The van der Waals surface area contributed by atoms with Gasteiger partial charge in [-0.3, -0.25) is 9.69 Å². The summed E-state index contributed by atoms with van der Waals surface area (Å²) in [5, 5.41) is 2.52. The highest BCUT2D eigenvalue weighted by Crippen LogP contribution is 2.28. The van der Waals surface area contributed by atoms with Crippen LogP contribution in [0.2, 0.25) is 0 Å². The number of piperidine rings is 1. The number of hydrogen-bond donors (Lipinski definition) is 2. The highest BCUT2D eigenvalue weighted by molar-refractivity contribution is 7.89. The summed E-state index contributed by atoms with van der Waals surface area (Å²) in [5.41, 5.74) is 7.09. The van der Waals surface area contributed by atoms with Gasteiger partial charge in [0.1, 0.15) is 17.4 Å². The molecule has 1 aliphatic heterocycles. The van der Waals surface area contributed by atoms with E-state index in [0.29, 0.717) is 49.2 Å². The van der Waals surface area contributed by atoms with Crippen LogP contribution in [-0.2, 0) is 22.1 Å². The lowest BCUT2D eigenvalue weighted by Gasteiger charge is -2.39. The summed E-state index contributed by atoms with van der Waals surface area (Å²) in [6, 6.07) is 11.6. The van der Waals surface area contributed by atoms with Gasteiger partial charge in [0.2, 0.25) is 5.88 Å². The van der Waals surface area contributed by atoms with Crippen LogP contribution in [0, 0.1) is 11.6 Å². The van der Waals surface area contributed by atoms with E-state index in [4.69, 9.17) is 15.5 Å². The van der Waals surface area contributed by atoms with Gasteiger partial charge in [0.25, 0.3) is 5.91 Å². The number of anilines is 1. The van der Waals surface area contributed by atoms with Gasteiger partial charge < -0.3 is 20.7 Å². The number of benzene rings is 2. The first kappa shape index (κ1) is 35.7. The van der Waals surface area contributed by atoms with E-state index >= 15 is 0 Å². The molecule has 1 fully saturated rings. The molecule has 10 nitrogen and oxygen atoms in total. The number of urea groups is 1. The van der Waals surface area contributed by atoms with E-state index in [1.165, 1.54) is 6.26 Å². The van der Waals surface area contributed by atoms with Gasteiger partial charge in [-0.1, -0.05) is 45.4 Å². The number of halogens is 2. The monoisotopic (exact) mass is 671 g/mol. The van der Waals surface area contributed by atoms with Crippen LogP contribution in [0.1, 0.15) is 79.6 Å². The number of carbonyl (C=O) groups excluding carboxylic acids is 2. The molecule has 0 aliphatic carbocycles. The SMILES string of the molecule is CCCCN(C(=O)Nc1cc(C(N)=O)c(F)cc1F)C1CCN(Cc2ccc(Oc3ccc(CS(C)(=O)=O)cc3)nc2C(C)C)CC1. The molecule has 254 valence electrons. The first-order valence-electron chi connectivity index (χ1n) is 15.8. The summed E-state index contributed by atoms with van der Waals surface area (Å²) in [6.45, 7) is 8.77. The van der Waals surface area contributed by atoms with Gasteiger partial charge in [0.05, 0.1) is 22.7 Å². The quantitative estimate of drug-likeness (QED) is 0.220. The first-order valence-corrected chi connectivity index (χ1v) is 17.8. The van der Waals surface area contributed by atoms with Crippen molar-refractivity contribution in [3.63, 3.8) is 0 Å². The van der Waals surface area contributed by atoms with Crippen LogP contribution in [0.25, 0.3) is 0 Å². The Morgan fingerprint density at radius 2 is 1.77 bits per heavy atom. The van der Waals surface area contributed by atoms with E-state index in [0.717, 1.165) is 43.3 Å². The summed E-state index contributed by atoms with van der Waals surface area (Å²) in [7, 11) is -3.13. The van der Waals surface area contributed by atoms with E-state index < -0.39 is 39.0 Å². The summed E-state index contributed by atoms with van der Waals surface area (Å²) < 4.78 is 57.6. The lowest BCUT2D eigenvalue weighted by molar-refractivity contribution is 0.0996. The number of hydrogen-bond acceptors (Lipinski definition) is 7. The van der Waals surface area contributed by atoms with Crippen molar-refractivity contribution in [2.75, 3.05) is 31.2 Å². The van der Waals surface area contributed by atoms with Crippen molar-refractivity contribution in [2.45, 2.75) is 70.7 Å². The summed E-state index contributed by atoms with van der Waals surface area (Å²) >= 11 is 0. The predicted molar refractivity (Wildman–Crippen MR) is 177 cm³/mol. The maximum atomic E-state index is 14.5. The second-order valence-electron chi connectivity index (χ2n) is 12.3. The Morgan fingerprint density at radius 1 is 1.09 bits per heavy atom. The van der Waals surface area contributed by atoms with Gasteiger partial charge in [0.15, 0.2) is 9.84 Å².